The first kappa shape index (κ1) is 9.07. The zero-order valence-electron chi connectivity index (χ0n) is 6.24. The van der Waals surface area contributed by atoms with Gasteiger partial charge in [-0.05, 0) is 22.0 Å². The number of pyridine rings is 1. The minimum atomic E-state index is 0.499. The molecular formula is C7H3BrIN3O. The van der Waals surface area contributed by atoms with E-state index < -0.39 is 0 Å². The van der Waals surface area contributed by atoms with E-state index in [0.29, 0.717) is 9.79 Å². The van der Waals surface area contributed by atoms with Crippen molar-refractivity contribution in [2.45, 2.75) is 0 Å². The van der Waals surface area contributed by atoms with Gasteiger partial charge in [-0.25, -0.2) is 0 Å². The van der Waals surface area contributed by atoms with E-state index in [4.69, 9.17) is 4.42 Å². The summed E-state index contributed by atoms with van der Waals surface area (Å²) in [5.74, 6) is 0.499. The predicted molar refractivity (Wildman–Crippen MR) is 57.9 cm³/mol. The van der Waals surface area contributed by atoms with Crippen LogP contribution in [0.15, 0.2) is 27.3 Å². The molecule has 4 nitrogen and oxygen atoms in total. The zero-order chi connectivity index (χ0) is 9.26. The lowest BCUT2D eigenvalue weighted by Gasteiger charge is -1.95. The first-order valence-electron chi connectivity index (χ1n) is 3.36. The van der Waals surface area contributed by atoms with E-state index in [0.717, 1.165) is 10.0 Å². The Kier molecular flexibility index (Phi) is 2.58. The smallest absolute Gasteiger partial charge is 0.278 e. The van der Waals surface area contributed by atoms with Crippen molar-refractivity contribution in [3.63, 3.8) is 0 Å². The summed E-state index contributed by atoms with van der Waals surface area (Å²) in [5.41, 5.74) is 0.852. The van der Waals surface area contributed by atoms with Crippen molar-refractivity contribution < 1.29 is 4.42 Å². The van der Waals surface area contributed by atoms with Crippen LogP contribution in [0.5, 0.6) is 0 Å². The van der Waals surface area contributed by atoms with Gasteiger partial charge in [0.1, 0.15) is 0 Å². The molecule has 0 fully saturated rings. The van der Waals surface area contributed by atoms with Gasteiger partial charge in [-0.15, -0.1) is 10.2 Å². The summed E-state index contributed by atoms with van der Waals surface area (Å²) < 4.78 is 6.62. The van der Waals surface area contributed by atoms with E-state index in [-0.39, 0.29) is 0 Å². The lowest BCUT2D eigenvalue weighted by molar-refractivity contribution is 0.536. The minimum Gasteiger partial charge on any atom is -0.412 e. The highest BCUT2D eigenvalue weighted by molar-refractivity contribution is 14.1. The molecule has 0 bridgehead atoms. The molecule has 0 unspecified atom stereocenters. The van der Waals surface area contributed by atoms with Gasteiger partial charge in [0.05, 0.1) is 5.56 Å². The number of rotatable bonds is 1. The zero-order valence-corrected chi connectivity index (χ0v) is 9.98. The van der Waals surface area contributed by atoms with Crippen molar-refractivity contribution in [2.24, 2.45) is 0 Å². The van der Waals surface area contributed by atoms with Gasteiger partial charge in [0, 0.05) is 39.5 Å². The first-order valence-corrected chi connectivity index (χ1v) is 5.23. The van der Waals surface area contributed by atoms with E-state index >= 15 is 0 Å². The van der Waals surface area contributed by atoms with Crippen molar-refractivity contribution in [3.8, 4) is 11.5 Å². The second-order valence-electron chi connectivity index (χ2n) is 2.22. The third kappa shape index (κ3) is 1.88. The van der Waals surface area contributed by atoms with Crippen LogP contribution in [0.2, 0.25) is 0 Å². The van der Waals surface area contributed by atoms with Crippen LogP contribution >= 0.6 is 38.5 Å². The fraction of sp³-hybridized carbons (Fsp3) is 0. The van der Waals surface area contributed by atoms with E-state index in [2.05, 4.69) is 31.1 Å². The second-order valence-corrected chi connectivity index (χ2v) is 3.99. The molecule has 0 aliphatic rings. The molecular weight excluding hydrogens is 349 g/mol. The van der Waals surface area contributed by atoms with E-state index in [9.17, 15) is 0 Å². The van der Waals surface area contributed by atoms with Gasteiger partial charge in [0.25, 0.3) is 3.90 Å². The van der Waals surface area contributed by atoms with Gasteiger partial charge in [-0.2, -0.15) is 0 Å². The van der Waals surface area contributed by atoms with Gasteiger partial charge in [0.15, 0.2) is 0 Å². The normalized spacial score (nSPS) is 10.3. The predicted octanol–water partition coefficient (Wildman–Crippen LogP) is 2.50. The maximum Gasteiger partial charge on any atom is 0.278 e. The van der Waals surface area contributed by atoms with Crippen molar-refractivity contribution in [1.82, 2.24) is 15.2 Å². The molecule has 2 heterocycles. The van der Waals surface area contributed by atoms with Crippen molar-refractivity contribution >= 4 is 38.5 Å². The van der Waals surface area contributed by atoms with Crippen LogP contribution in [0.4, 0.5) is 0 Å². The number of nitrogens with zero attached hydrogens (tertiary/aromatic N) is 3. The monoisotopic (exact) mass is 351 g/mol. The van der Waals surface area contributed by atoms with Gasteiger partial charge in [-0.3, -0.25) is 4.98 Å². The Hall–Kier alpha value is -0.500. The van der Waals surface area contributed by atoms with Crippen LogP contribution in [0.1, 0.15) is 0 Å². The summed E-state index contributed by atoms with van der Waals surface area (Å²) in [6, 6.07) is 1.81. The Morgan fingerprint density at radius 3 is 2.85 bits per heavy atom. The average Bonchev–Trinajstić information content (AvgIpc) is 2.53. The summed E-state index contributed by atoms with van der Waals surface area (Å²) >= 11 is 5.32. The van der Waals surface area contributed by atoms with Crippen LogP contribution in [0.25, 0.3) is 11.5 Å². The highest BCUT2D eigenvalue weighted by Gasteiger charge is 2.09. The Balaban J connectivity index is 2.52. The fourth-order valence-corrected chi connectivity index (χ4v) is 1.60. The van der Waals surface area contributed by atoms with Crippen LogP contribution in [-0.4, -0.2) is 15.2 Å². The minimum absolute atomic E-state index is 0.499. The highest BCUT2D eigenvalue weighted by atomic mass is 127. The molecule has 0 atom stereocenters. The lowest BCUT2D eigenvalue weighted by atomic mass is 10.3. The second kappa shape index (κ2) is 3.70. The van der Waals surface area contributed by atoms with Crippen molar-refractivity contribution in [2.75, 3.05) is 0 Å². The first-order chi connectivity index (χ1) is 6.27. The molecule has 66 valence electrons. The summed E-state index contributed by atoms with van der Waals surface area (Å²) in [4.78, 5) is 3.94. The summed E-state index contributed by atoms with van der Waals surface area (Å²) in [6.45, 7) is 0. The van der Waals surface area contributed by atoms with E-state index in [1.165, 1.54) is 0 Å². The van der Waals surface area contributed by atoms with Crippen LogP contribution in [-0.2, 0) is 0 Å². The molecule has 0 N–H and O–H groups in total. The molecule has 2 rings (SSSR count). The van der Waals surface area contributed by atoms with E-state index in [1.54, 1.807) is 12.4 Å². The SMILES string of the molecule is Brc1cnccc1-c1nnc(I)o1. The van der Waals surface area contributed by atoms with Crippen LogP contribution in [0, 0.1) is 3.90 Å². The average molecular weight is 352 g/mol. The molecule has 0 aliphatic heterocycles. The Bertz CT molecular complexity index is 431. The molecule has 0 saturated heterocycles. The third-order valence-electron chi connectivity index (χ3n) is 1.40. The maximum absolute atomic E-state index is 5.26. The van der Waals surface area contributed by atoms with Gasteiger partial charge in [0.2, 0.25) is 5.89 Å². The number of aromatic nitrogens is 3. The molecule has 0 saturated carbocycles. The number of hydrogen-bond donors (Lipinski definition) is 0. The standard InChI is InChI=1S/C7H3BrIN3O/c8-5-3-10-2-1-4(5)6-11-12-7(9)13-6/h1-3H. The fourth-order valence-electron chi connectivity index (χ4n) is 0.863. The summed E-state index contributed by atoms with van der Waals surface area (Å²) in [7, 11) is 0. The maximum atomic E-state index is 5.26. The molecule has 0 radical (unpaired) electrons. The topological polar surface area (TPSA) is 51.8 Å². The Labute approximate surface area is 96.0 Å². The molecule has 13 heavy (non-hydrogen) atoms. The van der Waals surface area contributed by atoms with Gasteiger partial charge in [-0.1, -0.05) is 0 Å². The van der Waals surface area contributed by atoms with E-state index in [1.807, 2.05) is 28.7 Å². The molecule has 0 aliphatic carbocycles. The van der Waals surface area contributed by atoms with Gasteiger partial charge < -0.3 is 4.42 Å². The van der Waals surface area contributed by atoms with Crippen molar-refractivity contribution in [3.05, 3.63) is 26.8 Å². The highest BCUT2D eigenvalue weighted by Crippen LogP contribution is 2.25. The lowest BCUT2D eigenvalue weighted by Crippen LogP contribution is -1.80. The molecule has 2 aromatic rings. The molecule has 6 heteroatoms. The van der Waals surface area contributed by atoms with Crippen molar-refractivity contribution in [1.29, 1.82) is 0 Å². The Morgan fingerprint density at radius 2 is 2.23 bits per heavy atom. The number of hydrogen-bond acceptors (Lipinski definition) is 4. The molecule has 0 aromatic carbocycles. The number of halogens is 2. The molecule has 2 aromatic heterocycles. The molecule has 0 amide bonds. The summed E-state index contributed by atoms with van der Waals surface area (Å²) in [6.07, 6.45) is 3.36. The molecule has 0 spiro atoms. The summed E-state index contributed by atoms with van der Waals surface area (Å²) in [5, 5.41) is 7.63. The Morgan fingerprint density at radius 1 is 1.38 bits per heavy atom. The quantitative estimate of drug-likeness (QED) is 0.741. The van der Waals surface area contributed by atoms with Crippen LogP contribution in [0.3, 0.4) is 0 Å². The third-order valence-corrected chi connectivity index (χ3v) is 2.47. The van der Waals surface area contributed by atoms with Gasteiger partial charge >= 0.3 is 0 Å². The largest absolute Gasteiger partial charge is 0.412 e. The van der Waals surface area contributed by atoms with Crippen LogP contribution < -0.4 is 0 Å².